The third kappa shape index (κ3) is 3.10. The molecule has 1 aliphatic heterocycles. The lowest BCUT2D eigenvalue weighted by Crippen LogP contribution is -2.32. The zero-order valence-corrected chi connectivity index (χ0v) is 18.8. The van der Waals surface area contributed by atoms with Crippen LogP contribution >= 0.6 is 0 Å². The van der Waals surface area contributed by atoms with Crippen molar-refractivity contribution in [1.82, 2.24) is 4.98 Å². The van der Waals surface area contributed by atoms with E-state index in [1.165, 1.54) is 4.90 Å². The number of carbonyl (C=O) groups excluding carboxylic acids is 2. The average molecular weight is 445 g/mol. The molecule has 4 heteroatoms. The molecule has 1 saturated heterocycles. The van der Waals surface area contributed by atoms with E-state index in [0.717, 1.165) is 22.1 Å². The predicted molar refractivity (Wildman–Crippen MR) is 133 cm³/mol. The molecule has 0 unspecified atom stereocenters. The molecule has 1 fully saturated rings. The van der Waals surface area contributed by atoms with Crippen LogP contribution in [0.3, 0.4) is 0 Å². The molecule has 2 aliphatic rings. The molecule has 1 aromatic heterocycles. The van der Waals surface area contributed by atoms with Crippen molar-refractivity contribution in [1.29, 1.82) is 0 Å². The number of anilines is 1. The van der Waals surface area contributed by atoms with Crippen molar-refractivity contribution in [2.24, 2.45) is 11.8 Å². The summed E-state index contributed by atoms with van der Waals surface area (Å²) in [6, 6.07) is 27.7. The Morgan fingerprint density at radius 1 is 0.676 bits per heavy atom. The molecule has 4 atom stereocenters. The number of allylic oxidation sites excluding steroid dienone is 2. The maximum absolute atomic E-state index is 14.1. The third-order valence-electron chi connectivity index (χ3n) is 7.28. The second-order valence-corrected chi connectivity index (χ2v) is 9.12. The number of benzene rings is 3. The van der Waals surface area contributed by atoms with Crippen LogP contribution in [0.4, 0.5) is 5.69 Å². The number of nitrogens with zero attached hydrogens (tertiary/aromatic N) is 2. The molecule has 34 heavy (non-hydrogen) atoms. The monoisotopic (exact) mass is 444 g/mol. The van der Waals surface area contributed by atoms with Gasteiger partial charge in [-0.3, -0.25) is 14.6 Å². The van der Waals surface area contributed by atoms with Crippen LogP contribution < -0.4 is 4.90 Å². The van der Waals surface area contributed by atoms with Gasteiger partial charge in [-0.2, -0.15) is 0 Å². The summed E-state index contributed by atoms with van der Waals surface area (Å²) in [5.41, 5.74) is 4.42. The van der Waals surface area contributed by atoms with Gasteiger partial charge >= 0.3 is 0 Å². The number of para-hydroxylation sites is 1. The van der Waals surface area contributed by atoms with Gasteiger partial charge in [0.25, 0.3) is 0 Å². The fraction of sp³-hybridized carbons (Fsp3) is 0.167. The van der Waals surface area contributed by atoms with Gasteiger partial charge in [0, 0.05) is 23.4 Å². The van der Waals surface area contributed by atoms with E-state index in [-0.39, 0.29) is 23.7 Å². The number of fused-ring (bicyclic) bond motifs is 2. The first-order chi connectivity index (χ1) is 16.6. The van der Waals surface area contributed by atoms with Crippen LogP contribution in [0.25, 0.3) is 10.9 Å². The Labute approximate surface area is 198 Å². The number of hydrogen-bond donors (Lipinski definition) is 0. The molecular formula is C30H24N2O2. The van der Waals surface area contributed by atoms with Gasteiger partial charge in [-0.15, -0.1) is 0 Å². The van der Waals surface area contributed by atoms with E-state index in [4.69, 9.17) is 0 Å². The smallest absolute Gasteiger partial charge is 0.238 e. The molecule has 0 bridgehead atoms. The number of pyridine rings is 1. The standard InChI is InChI=1S/C30H24N2O2/c1-19-17-18-31-28-22(19)13-8-14-25(28)32-29(33)26-23(20-9-4-2-5-10-20)15-16-24(27(26)30(32)34)21-11-6-3-7-12-21/h2-18,23-24,26-27H,1H3/t23-,24+,26+,27-. The van der Waals surface area contributed by atoms with Gasteiger partial charge in [0.15, 0.2) is 0 Å². The quantitative estimate of drug-likeness (QED) is 0.297. The summed E-state index contributed by atoms with van der Waals surface area (Å²) >= 11 is 0. The van der Waals surface area contributed by atoms with E-state index >= 15 is 0 Å². The van der Waals surface area contributed by atoms with Crippen molar-refractivity contribution in [3.63, 3.8) is 0 Å². The van der Waals surface area contributed by atoms with Gasteiger partial charge in [0.1, 0.15) is 0 Å². The molecule has 2 amide bonds. The molecule has 166 valence electrons. The Kier molecular flexibility index (Phi) is 4.88. The van der Waals surface area contributed by atoms with Crippen LogP contribution in [0, 0.1) is 18.8 Å². The van der Waals surface area contributed by atoms with Crippen LogP contribution in [0.5, 0.6) is 0 Å². The maximum atomic E-state index is 14.1. The second kappa shape index (κ2) is 8.07. The van der Waals surface area contributed by atoms with E-state index in [1.54, 1.807) is 6.20 Å². The van der Waals surface area contributed by atoms with Crippen molar-refractivity contribution in [2.75, 3.05) is 4.90 Å². The highest BCUT2D eigenvalue weighted by molar-refractivity contribution is 6.25. The highest BCUT2D eigenvalue weighted by Gasteiger charge is 2.55. The first-order valence-electron chi connectivity index (χ1n) is 11.7. The molecule has 0 N–H and O–H groups in total. The SMILES string of the molecule is Cc1ccnc2c(N3C(=O)[C@@H]4[C@H](C3=O)[C@H](c3ccccc3)C=C[C@@H]4c3ccccc3)cccc12. The maximum Gasteiger partial charge on any atom is 0.238 e. The number of aryl methyl sites for hydroxylation is 1. The Morgan fingerprint density at radius 3 is 1.79 bits per heavy atom. The summed E-state index contributed by atoms with van der Waals surface area (Å²) < 4.78 is 0. The molecule has 0 radical (unpaired) electrons. The average Bonchev–Trinajstić information content (AvgIpc) is 3.15. The number of carbonyl (C=O) groups is 2. The summed E-state index contributed by atoms with van der Waals surface area (Å²) in [4.78, 5) is 34.1. The summed E-state index contributed by atoms with van der Waals surface area (Å²) in [5.74, 6) is -1.54. The fourth-order valence-corrected chi connectivity index (χ4v) is 5.65. The topological polar surface area (TPSA) is 50.3 Å². The largest absolute Gasteiger partial charge is 0.274 e. The van der Waals surface area contributed by atoms with Gasteiger partial charge < -0.3 is 0 Å². The second-order valence-electron chi connectivity index (χ2n) is 9.12. The first kappa shape index (κ1) is 20.5. The molecular weight excluding hydrogens is 420 g/mol. The van der Waals surface area contributed by atoms with Crippen molar-refractivity contribution in [3.8, 4) is 0 Å². The molecule has 2 heterocycles. The minimum absolute atomic E-state index is 0.148. The highest BCUT2D eigenvalue weighted by atomic mass is 16.2. The van der Waals surface area contributed by atoms with Gasteiger partial charge in [-0.1, -0.05) is 84.9 Å². The number of amides is 2. The lowest BCUT2D eigenvalue weighted by molar-refractivity contribution is -0.122. The fourth-order valence-electron chi connectivity index (χ4n) is 5.65. The molecule has 3 aromatic carbocycles. The Balaban J connectivity index is 1.52. The number of imide groups is 1. The van der Waals surface area contributed by atoms with Gasteiger partial charge in [-0.05, 0) is 35.7 Å². The van der Waals surface area contributed by atoms with Crippen LogP contribution in [-0.4, -0.2) is 16.8 Å². The number of hydrogen-bond acceptors (Lipinski definition) is 3. The summed E-state index contributed by atoms with van der Waals surface area (Å²) in [6.07, 6.45) is 5.98. The van der Waals surface area contributed by atoms with Gasteiger partial charge in [0.2, 0.25) is 11.8 Å². The minimum Gasteiger partial charge on any atom is -0.274 e. The van der Waals surface area contributed by atoms with Crippen LogP contribution in [0.2, 0.25) is 0 Å². The first-order valence-corrected chi connectivity index (χ1v) is 11.7. The molecule has 1 aliphatic carbocycles. The van der Waals surface area contributed by atoms with E-state index in [9.17, 15) is 9.59 Å². The Morgan fingerprint density at radius 2 is 1.24 bits per heavy atom. The molecule has 0 spiro atoms. The molecule has 6 rings (SSSR count). The van der Waals surface area contributed by atoms with E-state index in [1.807, 2.05) is 91.9 Å². The van der Waals surface area contributed by atoms with E-state index < -0.39 is 11.8 Å². The van der Waals surface area contributed by atoms with Crippen molar-refractivity contribution in [2.45, 2.75) is 18.8 Å². The molecule has 4 aromatic rings. The number of aromatic nitrogens is 1. The lowest BCUT2D eigenvalue weighted by atomic mass is 9.68. The zero-order valence-electron chi connectivity index (χ0n) is 18.8. The van der Waals surface area contributed by atoms with Crippen LogP contribution in [0.15, 0.2) is 103 Å². The van der Waals surface area contributed by atoms with Crippen molar-refractivity contribution < 1.29 is 9.59 Å². The van der Waals surface area contributed by atoms with Gasteiger partial charge in [-0.25, -0.2) is 4.90 Å². The Hall–Kier alpha value is -4.05. The normalized spacial score (nSPS) is 24.0. The number of rotatable bonds is 3. The van der Waals surface area contributed by atoms with Gasteiger partial charge in [0.05, 0.1) is 23.0 Å². The predicted octanol–water partition coefficient (Wildman–Crippen LogP) is 5.79. The molecule has 0 saturated carbocycles. The zero-order chi connectivity index (χ0) is 23.2. The van der Waals surface area contributed by atoms with Crippen LogP contribution in [-0.2, 0) is 9.59 Å². The lowest BCUT2D eigenvalue weighted by Gasteiger charge is -2.32. The van der Waals surface area contributed by atoms with E-state index in [0.29, 0.717) is 11.2 Å². The third-order valence-corrected chi connectivity index (χ3v) is 7.28. The van der Waals surface area contributed by atoms with Crippen molar-refractivity contribution >= 4 is 28.4 Å². The highest BCUT2D eigenvalue weighted by Crippen LogP contribution is 2.50. The summed E-state index contributed by atoms with van der Waals surface area (Å²) in [6.45, 7) is 2.02. The van der Waals surface area contributed by atoms with Crippen LogP contribution in [0.1, 0.15) is 28.5 Å². The Bertz CT molecular complexity index is 1360. The molecule has 4 nitrogen and oxygen atoms in total. The van der Waals surface area contributed by atoms with E-state index in [2.05, 4.69) is 17.1 Å². The minimum atomic E-state index is -0.467. The summed E-state index contributed by atoms with van der Waals surface area (Å²) in [7, 11) is 0. The summed E-state index contributed by atoms with van der Waals surface area (Å²) in [5, 5.41) is 0.952. The van der Waals surface area contributed by atoms with Crippen molar-refractivity contribution in [3.05, 3.63) is 120 Å².